The number of rotatable bonds is 1. The van der Waals surface area contributed by atoms with Gasteiger partial charge in [0, 0.05) is 0 Å². The highest BCUT2D eigenvalue weighted by molar-refractivity contribution is 4.90. The van der Waals surface area contributed by atoms with E-state index in [0.29, 0.717) is 0 Å². The van der Waals surface area contributed by atoms with Crippen molar-refractivity contribution in [2.24, 2.45) is 0 Å². The lowest BCUT2D eigenvalue weighted by molar-refractivity contribution is -0.331. The molecule has 0 amide bonds. The summed E-state index contributed by atoms with van der Waals surface area (Å²) in [6, 6.07) is 0. The monoisotopic (exact) mass is 180 g/mol. The van der Waals surface area contributed by atoms with Gasteiger partial charge in [0.15, 0.2) is 0 Å². The summed E-state index contributed by atoms with van der Waals surface area (Å²) < 4.78 is 4.56. The summed E-state index contributed by atoms with van der Waals surface area (Å²) in [6.45, 7) is -1.16. The molecule has 0 radical (unpaired) electrons. The highest BCUT2D eigenvalue weighted by Crippen LogP contribution is 2.22. The molecule has 1 fully saturated rings. The van der Waals surface area contributed by atoms with Crippen molar-refractivity contribution in [1.29, 1.82) is 0 Å². The molecule has 5 N–H and O–H groups in total. The fourth-order valence-corrected chi connectivity index (χ4v) is 1.03. The molecule has 0 spiro atoms. The standard InChI is InChI=1S/C6H12O6/c7-2-6(11)5(10)4(9)3(8)1-12-6/h3-5,7-11H,1-2H2/t3-,4+,5?,6+/m1/s1. The Balaban J connectivity index is 2.71. The van der Waals surface area contributed by atoms with Crippen LogP contribution in [-0.4, -0.2) is 62.8 Å². The average Bonchev–Trinajstić information content (AvgIpc) is 2.09. The van der Waals surface area contributed by atoms with Crippen molar-refractivity contribution >= 4 is 0 Å². The van der Waals surface area contributed by atoms with Gasteiger partial charge in [0.1, 0.15) is 18.3 Å². The largest absolute Gasteiger partial charge is 0.391 e. The maximum absolute atomic E-state index is 9.24. The summed E-state index contributed by atoms with van der Waals surface area (Å²) >= 11 is 0. The lowest BCUT2D eigenvalue weighted by Crippen LogP contribution is -2.62. The van der Waals surface area contributed by atoms with Crippen LogP contribution in [0.15, 0.2) is 0 Å². The molecule has 6 nitrogen and oxygen atoms in total. The average molecular weight is 180 g/mol. The van der Waals surface area contributed by atoms with E-state index in [1.807, 2.05) is 0 Å². The topological polar surface area (TPSA) is 110 Å². The first-order valence-electron chi connectivity index (χ1n) is 3.52. The van der Waals surface area contributed by atoms with E-state index in [0.717, 1.165) is 0 Å². The molecule has 0 bridgehead atoms. The molecule has 1 heterocycles. The van der Waals surface area contributed by atoms with E-state index in [1.165, 1.54) is 0 Å². The van der Waals surface area contributed by atoms with Crippen molar-refractivity contribution in [3.63, 3.8) is 0 Å². The predicted molar refractivity (Wildman–Crippen MR) is 36.0 cm³/mol. The van der Waals surface area contributed by atoms with E-state index in [-0.39, 0.29) is 6.61 Å². The summed E-state index contributed by atoms with van der Waals surface area (Å²) in [5, 5.41) is 45.0. The van der Waals surface area contributed by atoms with Crippen molar-refractivity contribution in [1.82, 2.24) is 0 Å². The van der Waals surface area contributed by atoms with Crippen LogP contribution < -0.4 is 0 Å². The fraction of sp³-hybridized carbons (Fsp3) is 1.00. The predicted octanol–water partition coefficient (Wildman–Crippen LogP) is -3.22. The van der Waals surface area contributed by atoms with Gasteiger partial charge in [-0.05, 0) is 0 Å². The summed E-state index contributed by atoms with van der Waals surface area (Å²) in [5.74, 6) is -2.17. The highest BCUT2D eigenvalue weighted by Gasteiger charge is 2.47. The molecule has 1 aliphatic heterocycles. The van der Waals surface area contributed by atoms with Crippen molar-refractivity contribution in [3.8, 4) is 0 Å². The third-order valence-electron chi connectivity index (χ3n) is 1.91. The second kappa shape index (κ2) is 3.25. The van der Waals surface area contributed by atoms with Gasteiger partial charge in [0.2, 0.25) is 5.79 Å². The van der Waals surface area contributed by atoms with Gasteiger partial charge in [-0.3, -0.25) is 0 Å². The lowest BCUT2D eigenvalue weighted by Gasteiger charge is -2.40. The Labute approximate surface area is 68.6 Å². The Morgan fingerprint density at radius 2 is 1.92 bits per heavy atom. The second-order valence-electron chi connectivity index (χ2n) is 2.82. The molecular formula is C6H12O6. The molecule has 1 rings (SSSR count). The van der Waals surface area contributed by atoms with Gasteiger partial charge >= 0.3 is 0 Å². The molecule has 0 aromatic rings. The molecule has 0 aromatic carbocycles. The lowest BCUT2D eigenvalue weighted by atomic mass is 9.98. The van der Waals surface area contributed by atoms with Crippen LogP contribution in [0, 0.1) is 0 Å². The first-order chi connectivity index (χ1) is 5.51. The number of ether oxygens (including phenoxy) is 1. The zero-order valence-electron chi connectivity index (χ0n) is 6.29. The molecule has 4 atom stereocenters. The van der Waals surface area contributed by atoms with Gasteiger partial charge in [-0.1, -0.05) is 0 Å². The van der Waals surface area contributed by atoms with Crippen LogP contribution in [0.2, 0.25) is 0 Å². The van der Waals surface area contributed by atoms with Crippen molar-refractivity contribution in [3.05, 3.63) is 0 Å². The third-order valence-corrected chi connectivity index (χ3v) is 1.91. The van der Waals surface area contributed by atoms with E-state index < -0.39 is 30.7 Å². The molecular weight excluding hydrogens is 168 g/mol. The summed E-state index contributed by atoms with van der Waals surface area (Å²) in [7, 11) is 0. The van der Waals surface area contributed by atoms with Crippen LogP contribution in [0.3, 0.4) is 0 Å². The Hall–Kier alpha value is -0.240. The number of aliphatic hydroxyl groups is 5. The van der Waals surface area contributed by atoms with E-state index in [9.17, 15) is 5.11 Å². The van der Waals surface area contributed by atoms with Gasteiger partial charge in [-0.15, -0.1) is 0 Å². The smallest absolute Gasteiger partial charge is 0.218 e. The van der Waals surface area contributed by atoms with E-state index in [4.69, 9.17) is 20.4 Å². The van der Waals surface area contributed by atoms with Crippen LogP contribution in [0.1, 0.15) is 0 Å². The maximum atomic E-state index is 9.24. The Kier molecular flexibility index (Phi) is 2.67. The second-order valence-corrected chi connectivity index (χ2v) is 2.82. The molecule has 1 aliphatic rings. The van der Waals surface area contributed by atoms with Crippen molar-refractivity contribution in [2.45, 2.75) is 24.1 Å². The van der Waals surface area contributed by atoms with E-state index >= 15 is 0 Å². The van der Waals surface area contributed by atoms with Crippen molar-refractivity contribution < 1.29 is 30.3 Å². The highest BCUT2D eigenvalue weighted by atomic mass is 16.7. The molecule has 0 aromatic heterocycles. The number of hydrogen-bond acceptors (Lipinski definition) is 6. The van der Waals surface area contributed by atoms with Gasteiger partial charge in [0.25, 0.3) is 0 Å². The summed E-state index contributed by atoms with van der Waals surface area (Å²) in [6.07, 6.45) is -4.45. The molecule has 1 saturated heterocycles. The minimum absolute atomic E-state index is 0.324. The summed E-state index contributed by atoms with van der Waals surface area (Å²) in [4.78, 5) is 0. The van der Waals surface area contributed by atoms with Gasteiger partial charge in [-0.25, -0.2) is 0 Å². The van der Waals surface area contributed by atoms with Gasteiger partial charge < -0.3 is 30.3 Å². The molecule has 12 heavy (non-hydrogen) atoms. The Morgan fingerprint density at radius 3 is 2.42 bits per heavy atom. The number of aliphatic hydroxyl groups excluding tert-OH is 4. The number of hydrogen-bond donors (Lipinski definition) is 5. The van der Waals surface area contributed by atoms with E-state index in [1.54, 1.807) is 0 Å². The Morgan fingerprint density at radius 1 is 1.33 bits per heavy atom. The molecule has 0 saturated carbocycles. The van der Waals surface area contributed by atoms with Gasteiger partial charge in [-0.2, -0.15) is 0 Å². The SMILES string of the molecule is OC[C@]1(O)OC[C@@H](O)[C@H](O)C1O. The first-order valence-corrected chi connectivity index (χ1v) is 3.52. The minimum Gasteiger partial charge on any atom is -0.391 e. The normalized spacial score (nSPS) is 49.2. The third kappa shape index (κ3) is 1.45. The van der Waals surface area contributed by atoms with Gasteiger partial charge in [0.05, 0.1) is 13.2 Å². The quantitative estimate of drug-likeness (QED) is 0.290. The molecule has 6 heteroatoms. The first kappa shape index (κ1) is 9.85. The van der Waals surface area contributed by atoms with Crippen LogP contribution in [0.25, 0.3) is 0 Å². The molecule has 1 unspecified atom stereocenters. The van der Waals surface area contributed by atoms with Crippen molar-refractivity contribution in [2.75, 3.05) is 13.2 Å². The Bertz CT molecular complexity index is 162. The zero-order chi connectivity index (χ0) is 9.35. The van der Waals surface area contributed by atoms with Crippen LogP contribution in [0.5, 0.6) is 0 Å². The minimum atomic E-state index is -2.17. The summed E-state index contributed by atoms with van der Waals surface area (Å²) in [5.41, 5.74) is 0. The van der Waals surface area contributed by atoms with Crippen LogP contribution in [0.4, 0.5) is 0 Å². The zero-order valence-corrected chi connectivity index (χ0v) is 6.29. The maximum Gasteiger partial charge on any atom is 0.218 e. The fourth-order valence-electron chi connectivity index (χ4n) is 1.03. The van der Waals surface area contributed by atoms with E-state index in [2.05, 4.69) is 4.74 Å². The molecule has 0 aliphatic carbocycles. The van der Waals surface area contributed by atoms with Crippen LogP contribution >= 0.6 is 0 Å². The molecule has 72 valence electrons. The van der Waals surface area contributed by atoms with Crippen LogP contribution in [-0.2, 0) is 4.74 Å².